The molecule has 1 aromatic heterocycles. The summed E-state index contributed by atoms with van der Waals surface area (Å²) in [5, 5.41) is 0. The van der Waals surface area contributed by atoms with Crippen LogP contribution in [0.3, 0.4) is 0 Å². The van der Waals surface area contributed by atoms with Gasteiger partial charge in [0.1, 0.15) is 6.61 Å². The van der Waals surface area contributed by atoms with Crippen LogP contribution in [0, 0.1) is 6.92 Å². The molecule has 0 saturated carbocycles. The maximum atomic E-state index is 10.7. The number of aryl methyl sites for hydroxylation is 1. The van der Waals surface area contributed by atoms with Crippen LogP contribution in [0.15, 0.2) is 12.1 Å². The van der Waals surface area contributed by atoms with Crippen LogP contribution in [0.5, 0.6) is 0 Å². The third-order valence-electron chi connectivity index (χ3n) is 1.87. The van der Waals surface area contributed by atoms with E-state index in [1.807, 2.05) is 19.1 Å². The van der Waals surface area contributed by atoms with E-state index in [4.69, 9.17) is 10.5 Å². The van der Waals surface area contributed by atoms with Gasteiger partial charge in [-0.15, -0.1) is 11.3 Å². The van der Waals surface area contributed by atoms with Crippen molar-refractivity contribution < 1.29 is 14.3 Å². The quantitative estimate of drug-likeness (QED) is 0.772. The average molecular weight is 229 g/mol. The molecule has 0 aliphatic carbocycles. The van der Waals surface area contributed by atoms with Gasteiger partial charge in [-0.1, -0.05) is 0 Å². The van der Waals surface area contributed by atoms with E-state index in [1.54, 1.807) is 11.3 Å². The fraction of sp³-hybridized carbons (Fsp3) is 0.500. The molecule has 84 valence electrons. The van der Waals surface area contributed by atoms with Crippen molar-refractivity contribution in [2.45, 2.75) is 13.0 Å². The minimum Gasteiger partial charge on any atom is -0.467 e. The summed E-state index contributed by atoms with van der Waals surface area (Å²) in [6.45, 7) is 2.31. The van der Waals surface area contributed by atoms with E-state index >= 15 is 0 Å². The molecule has 15 heavy (non-hydrogen) atoms. The Balaban J connectivity index is 2.30. The molecule has 0 aromatic carbocycles. The molecule has 0 saturated heterocycles. The van der Waals surface area contributed by atoms with Crippen molar-refractivity contribution in [3.05, 3.63) is 21.9 Å². The van der Waals surface area contributed by atoms with Crippen molar-refractivity contribution in [2.24, 2.45) is 5.73 Å². The van der Waals surface area contributed by atoms with Crippen LogP contribution in [0.4, 0.5) is 0 Å². The largest absolute Gasteiger partial charge is 0.467 e. The second-order valence-electron chi connectivity index (χ2n) is 3.15. The predicted molar refractivity (Wildman–Crippen MR) is 58.8 cm³/mol. The Morgan fingerprint density at radius 3 is 2.87 bits per heavy atom. The first kappa shape index (κ1) is 12.2. The maximum absolute atomic E-state index is 10.7. The van der Waals surface area contributed by atoms with Gasteiger partial charge in [0.25, 0.3) is 0 Å². The summed E-state index contributed by atoms with van der Waals surface area (Å²) in [5.41, 5.74) is 5.87. The number of hydrogen-bond donors (Lipinski definition) is 1. The fourth-order valence-corrected chi connectivity index (χ4v) is 1.93. The van der Waals surface area contributed by atoms with Gasteiger partial charge in [-0.3, -0.25) is 0 Å². The minimum absolute atomic E-state index is 0.0471. The first-order valence-corrected chi connectivity index (χ1v) is 5.41. The summed E-state index contributed by atoms with van der Waals surface area (Å²) in [7, 11) is 1.33. The highest BCUT2D eigenvalue weighted by Gasteiger charge is 2.09. The number of methoxy groups -OCH3 is 1. The summed E-state index contributed by atoms with van der Waals surface area (Å²) in [5.74, 6) is -0.385. The number of ether oxygens (including phenoxy) is 2. The summed E-state index contributed by atoms with van der Waals surface area (Å²) in [6.07, 6.45) is 0. The number of thiophene rings is 1. The molecule has 0 aliphatic heterocycles. The van der Waals surface area contributed by atoms with Gasteiger partial charge < -0.3 is 15.2 Å². The van der Waals surface area contributed by atoms with Gasteiger partial charge in [0.05, 0.1) is 19.8 Å². The normalized spacial score (nSPS) is 12.5. The van der Waals surface area contributed by atoms with Gasteiger partial charge in [0.15, 0.2) is 0 Å². The molecule has 1 aromatic rings. The highest BCUT2D eigenvalue weighted by molar-refractivity contribution is 7.12. The smallest absolute Gasteiger partial charge is 0.331 e. The molecule has 0 amide bonds. The monoisotopic (exact) mass is 229 g/mol. The van der Waals surface area contributed by atoms with Gasteiger partial charge in [-0.25, -0.2) is 4.79 Å². The lowest BCUT2D eigenvalue weighted by Gasteiger charge is -2.09. The molecule has 0 radical (unpaired) electrons. The summed E-state index contributed by atoms with van der Waals surface area (Å²) >= 11 is 1.64. The Morgan fingerprint density at radius 2 is 2.33 bits per heavy atom. The molecule has 4 nitrogen and oxygen atoms in total. The van der Waals surface area contributed by atoms with E-state index in [9.17, 15) is 4.79 Å². The third kappa shape index (κ3) is 3.99. The van der Waals surface area contributed by atoms with Crippen LogP contribution in [0.25, 0.3) is 0 Å². The fourth-order valence-electron chi connectivity index (χ4n) is 1.06. The van der Waals surface area contributed by atoms with Crippen LogP contribution in [-0.2, 0) is 14.3 Å². The first-order valence-electron chi connectivity index (χ1n) is 4.60. The van der Waals surface area contributed by atoms with Gasteiger partial charge in [0, 0.05) is 9.75 Å². The van der Waals surface area contributed by atoms with Gasteiger partial charge in [-0.05, 0) is 19.1 Å². The van der Waals surface area contributed by atoms with Crippen molar-refractivity contribution in [2.75, 3.05) is 20.3 Å². The van der Waals surface area contributed by atoms with Gasteiger partial charge in [-0.2, -0.15) is 0 Å². The Kier molecular flexibility index (Phi) is 4.74. The predicted octanol–water partition coefficient (Wildman–Crippen LogP) is 1.25. The van der Waals surface area contributed by atoms with E-state index in [0.29, 0.717) is 6.61 Å². The van der Waals surface area contributed by atoms with Crippen LogP contribution in [0.1, 0.15) is 15.8 Å². The molecule has 1 unspecified atom stereocenters. The molecule has 2 N–H and O–H groups in total. The lowest BCUT2D eigenvalue weighted by atomic mass is 10.3. The maximum Gasteiger partial charge on any atom is 0.331 e. The molecule has 1 heterocycles. The third-order valence-corrected chi connectivity index (χ3v) is 3.00. The highest BCUT2D eigenvalue weighted by atomic mass is 32.1. The van der Waals surface area contributed by atoms with Crippen LogP contribution in [-0.4, -0.2) is 26.3 Å². The Labute approximate surface area is 93.0 Å². The topological polar surface area (TPSA) is 61.5 Å². The average Bonchev–Trinajstić information content (AvgIpc) is 2.64. The van der Waals surface area contributed by atoms with Crippen LogP contribution in [0.2, 0.25) is 0 Å². The van der Waals surface area contributed by atoms with E-state index in [0.717, 1.165) is 4.88 Å². The van der Waals surface area contributed by atoms with Crippen molar-refractivity contribution in [1.29, 1.82) is 0 Å². The van der Waals surface area contributed by atoms with Gasteiger partial charge in [0.2, 0.25) is 0 Å². The number of esters is 1. The van der Waals surface area contributed by atoms with Crippen molar-refractivity contribution in [1.82, 2.24) is 0 Å². The number of nitrogens with two attached hydrogens (primary N) is 1. The second kappa shape index (κ2) is 5.85. The zero-order chi connectivity index (χ0) is 11.3. The van der Waals surface area contributed by atoms with E-state index in [-0.39, 0.29) is 18.6 Å². The minimum atomic E-state index is -0.385. The number of carbonyl (C=O) groups is 1. The molecule has 1 rings (SSSR count). The highest BCUT2D eigenvalue weighted by Crippen LogP contribution is 2.21. The van der Waals surface area contributed by atoms with Crippen LogP contribution < -0.4 is 5.73 Å². The first-order chi connectivity index (χ1) is 7.13. The zero-order valence-corrected chi connectivity index (χ0v) is 9.67. The summed E-state index contributed by atoms with van der Waals surface area (Å²) in [6, 6.07) is 3.82. The lowest BCUT2D eigenvalue weighted by Crippen LogP contribution is -2.19. The molecule has 1 atom stereocenters. The SMILES string of the molecule is COC(=O)COCC(N)c1ccc(C)s1. The summed E-state index contributed by atoms with van der Waals surface area (Å²) in [4.78, 5) is 13.0. The van der Waals surface area contributed by atoms with Crippen LogP contribution >= 0.6 is 11.3 Å². The summed E-state index contributed by atoms with van der Waals surface area (Å²) < 4.78 is 9.56. The Bertz CT molecular complexity index is 324. The number of hydrogen-bond acceptors (Lipinski definition) is 5. The molecule has 0 fully saturated rings. The van der Waals surface area contributed by atoms with Crippen molar-refractivity contribution in [3.63, 3.8) is 0 Å². The van der Waals surface area contributed by atoms with E-state index in [1.165, 1.54) is 12.0 Å². The van der Waals surface area contributed by atoms with Crippen molar-refractivity contribution in [3.8, 4) is 0 Å². The zero-order valence-electron chi connectivity index (χ0n) is 8.86. The Morgan fingerprint density at radius 1 is 1.60 bits per heavy atom. The standard InChI is InChI=1S/C10H15NO3S/c1-7-3-4-9(15-7)8(11)5-14-6-10(12)13-2/h3-4,8H,5-6,11H2,1-2H3. The number of carbonyl (C=O) groups excluding carboxylic acids is 1. The molecule has 0 spiro atoms. The van der Waals surface area contributed by atoms with Gasteiger partial charge >= 0.3 is 5.97 Å². The van der Waals surface area contributed by atoms with E-state index < -0.39 is 0 Å². The molecule has 0 aliphatic rings. The molecule has 5 heteroatoms. The Hall–Kier alpha value is -0.910. The molecular weight excluding hydrogens is 214 g/mol. The van der Waals surface area contributed by atoms with E-state index in [2.05, 4.69) is 4.74 Å². The molecular formula is C10H15NO3S. The van der Waals surface area contributed by atoms with Crippen molar-refractivity contribution >= 4 is 17.3 Å². The number of rotatable bonds is 5. The molecule has 0 bridgehead atoms. The second-order valence-corrected chi connectivity index (χ2v) is 4.47. The lowest BCUT2D eigenvalue weighted by molar-refractivity contribution is -0.146.